The molecule has 3 N–H and O–H groups in total. The number of fused-ring (bicyclic) bond motifs is 1. The molecule has 0 bridgehead atoms. The Kier molecular flexibility index (Phi) is 3.68. The Labute approximate surface area is 122 Å². The summed E-state index contributed by atoms with van der Waals surface area (Å²) < 4.78 is 0. The fraction of sp³-hybridized carbons (Fsp3) is 0.400. The van der Waals surface area contributed by atoms with Gasteiger partial charge in [0.05, 0.1) is 10.5 Å². The van der Waals surface area contributed by atoms with Gasteiger partial charge in [0, 0.05) is 25.0 Å². The van der Waals surface area contributed by atoms with Crippen molar-refractivity contribution in [1.82, 2.24) is 9.88 Å². The summed E-state index contributed by atoms with van der Waals surface area (Å²) in [6.07, 6.45) is 2.43. The van der Waals surface area contributed by atoms with Crippen LogP contribution in [-0.4, -0.2) is 35.4 Å². The maximum Gasteiger partial charge on any atom is 0.270 e. The number of nitrogens with one attached hydrogen (secondary N) is 1. The Bertz CT molecular complexity index is 633. The predicted molar refractivity (Wildman–Crippen MR) is 81.0 cm³/mol. The quantitative estimate of drug-likeness (QED) is 0.889. The molecule has 106 valence electrons. The van der Waals surface area contributed by atoms with Crippen molar-refractivity contribution in [3.8, 4) is 0 Å². The van der Waals surface area contributed by atoms with E-state index in [4.69, 9.17) is 17.3 Å². The molecule has 1 aliphatic rings. The number of nitrogens with two attached hydrogens (primary N) is 1. The van der Waals surface area contributed by atoms with Gasteiger partial charge in [0.1, 0.15) is 5.69 Å². The van der Waals surface area contributed by atoms with E-state index in [1.165, 1.54) is 12.8 Å². The van der Waals surface area contributed by atoms with E-state index in [1.54, 1.807) is 0 Å². The van der Waals surface area contributed by atoms with Gasteiger partial charge < -0.3 is 15.6 Å². The Morgan fingerprint density at radius 3 is 2.90 bits per heavy atom. The van der Waals surface area contributed by atoms with Crippen molar-refractivity contribution in [3.05, 3.63) is 35.0 Å². The highest BCUT2D eigenvalue weighted by molar-refractivity contribution is 6.35. The summed E-state index contributed by atoms with van der Waals surface area (Å²) in [6, 6.07) is 7.51. The lowest BCUT2D eigenvalue weighted by atomic mass is 10.2. The average Bonchev–Trinajstić information content (AvgIpc) is 3.14. The summed E-state index contributed by atoms with van der Waals surface area (Å²) in [5.41, 5.74) is 7.02. The molecule has 2 aromatic rings. The van der Waals surface area contributed by atoms with Crippen LogP contribution in [0.3, 0.4) is 0 Å². The molecule has 1 amide bonds. The van der Waals surface area contributed by atoms with E-state index in [0.717, 1.165) is 17.4 Å². The van der Waals surface area contributed by atoms with Crippen LogP contribution in [0.25, 0.3) is 10.9 Å². The van der Waals surface area contributed by atoms with Crippen molar-refractivity contribution in [3.63, 3.8) is 0 Å². The molecule has 3 rings (SSSR count). The first kappa shape index (κ1) is 13.5. The zero-order chi connectivity index (χ0) is 14.1. The van der Waals surface area contributed by atoms with Gasteiger partial charge in [-0.05, 0) is 30.9 Å². The standard InChI is InChI=1S/C15H18ClN3O/c16-12-3-1-2-11-8-13(18-14(11)12)15(20)19(7-6-17)9-10-4-5-10/h1-3,8,10,18H,4-7,9,17H2. The maximum atomic E-state index is 12.6. The summed E-state index contributed by atoms with van der Waals surface area (Å²) in [6.45, 7) is 1.89. The number of hydrogen-bond acceptors (Lipinski definition) is 2. The number of aromatic amines is 1. The zero-order valence-electron chi connectivity index (χ0n) is 11.2. The minimum Gasteiger partial charge on any atom is -0.349 e. The second-order valence-electron chi connectivity index (χ2n) is 5.37. The van der Waals surface area contributed by atoms with Crippen molar-refractivity contribution in [2.24, 2.45) is 11.7 Å². The first-order valence-electron chi connectivity index (χ1n) is 6.95. The lowest BCUT2D eigenvalue weighted by Gasteiger charge is -2.21. The molecule has 0 aliphatic heterocycles. The number of para-hydroxylation sites is 1. The number of nitrogens with zero attached hydrogens (tertiary/aromatic N) is 1. The smallest absolute Gasteiger partial charge is 0.270 e. The number of H-pyrrole nitrogens is 1. The van der Waals surface area contributed by atoms with Gasteiger partial charge in [-0.25, -0.2) is 0 Å². The van der Waals surface area contributed by atoms with Crippen molar-refractivity contribution in [2.75, 3.05) is 19.6 Å². The van der Waals surface area contributed by atoms with Gasteiger partial charge in [0.25, 0.3) is 5.91 Å². The van der Waals surface area contributed by atoms with Gasteiger partial charge >= 0.3 is 0 Å². The second-order valence-corrected chi connectivity index (χ2v) is 5.78. The van der Waals surface area contributed by atoms with Crippen LogP contribution in [0.15, 0.2) is 24.3 Å². The van der Waals surface area contributed by atoms with Gasteiger partial charge in [-0.2, -0.15) is 0 Å². The summed E-state index contributed by atoms with van der Waals surface area (Å²) in [5, 5.41) is 1.59. The third kappa shape index (κ3) is 2.67. The summed E-state index contributed by atoms with van der Waals surface area (Å²) in [5.74, 6) is 0.660. The number of amides is 1. The highest BCUT2D eigenvalue weighted by atomic mass is 35.5. The Hall–Kier alpha value is -1.52. The minimum absolute atomic E-state index is 0.00890. The normalized spacial score (nSPS) is 14.7. The zero-order valence-corrected chi connectivity index (χ0v) is 12.0. The van der Waals surface area contributed by atoms with E-state index < -0.39 is 0 Å². The van der Waals surface area contributed by atoms with E-state index >= 15 is 0 Å². The molecule has 1 saturated carbocycles. The first-order chi connectivity index (χ1) is 9.69. The summed E-state index contributed by atoms with van der Waals surface area (Å²) in [4.78, 5) is 17.6. The van der Waals surface area contributed by atoms with Gasteiger partial charge in [-0.15, -0.1) is 0 Å². The molecule has 5 heteroatoms. The summed E-state index contributed by atoms with van der Waals surface area (Å²) >= 11 is 6.13. The SMILES string of the molecule is NCCN(CC1CC1)C(=O)c1cc2cccc(Cl)c2[nH]1. The lowest BCUT2D eigenvalue weighted by Crippen LogP contribution is -2.37. The largest absolute Gasteiger partial charge is 0.349 e. The molecule has 20 heavy (non-hydrogen) atoms. The first-order valence-corrected chi connectivity index (χ1v) is 7.33. The molecule has 0 atom stereocenters. The molecule has 1 aliphatic carbocycles. The molecular weight excluding hydrogens is 274 g/mol. The highest BCUT2D eigenvalue weighted by Gasteiger charge is 2.27. The molecule has 0 spiro atoms. The van der Waals surface area contributed by atoms with Crippen molar-refractivity contribution in [1.29, 1.82) is 0 Å². The number of halogens is 1. The van der Waals surface area contributed by atoms with E-state index in [9.17, 15) is 4.79 Å². The van der Waals surface area contributed by atoms with E-state index in [0.29, 0.717) is 29.7 Å². The minimum atomic E-state index is 0.00890. The van der Waals surface area contributed by atoms with Gasteiger partial charge in [0.2, 0.25) is 0 Å². The predicted octanol–water partition coefficient (Wildman–Crippen LogP) is 2.63. The molecule has 1 fully saturated rings. The van der Waals surface area contributed by atoms with Crippen molar-refractivity contribution < 1.29 is 4.79 Å². The fourth-order valence-corrected chi connectivity index (χ4v) is 2.68. The molecule has 4 nitrogen and oxygen atoms in total. The fourth-order valence-electron chi connectivity index (χ4n) is 2.45. The molecule has 0 radical (unpaired) electrons. The lowest BCUT2D eigenvalue weighted by molar-refractivity contribution is 0.0748. The number of hydrogen-bond donors (Lipinski definition) is 2. The van der Waals surface area contributed by atoms with Crippen LogP contribution in [0.2, 0.25) is 5.02 Å². The van der Waals surface area contributed by atoms with Crippen LogP contribution in [-0.2, 0) is 0 Å². The van der Waals surface area contributed by atoms with E-state index in [2.05, 4.69) is 4.98 Å². The van der Waals surface area contributed by atoms with Crippen LogP contribution < -0.4 is 5.73 Å². The highest BCUT2D eigenvalue weighted by Crippen LogP contribution is 2.30. The molecule has 0 unspecified atom stereocenters. The molecule has 0 saturated heterocycles. The third-order valence-electron chi connectivity index (χ3n) is 3.70. The van der Waals surface area contributed by atoms with Gasteiger partial charge in [-0.3, -0.25) is 4.79 Å². The second kappa shape index (κ2) is 5.46. The molecule has 1 aromatic heterocycles. The molecular formula is C15H18ClN3O. The number of rotatable bonds is 5. The van der Waals surface area contributed by atoms with Crippen LogP contribution in [0.4, 0.5) is 0 Å². The van der Waals surface area contributed by atoms with Crippen LogP contribution in [0.5, 0.6) is 0 Å². The topological polar surface area (TPSA) is 62.1 Å². The van der Waals surface area contributed by atoms with E-state index in [-0.39, 0.29) is 5.91 Å². The number of benzene rings is 1. The Balaban J connectivity index is 1.87. The van der Waals surface area contributed by atoms with Crippen molar-refractivity contribution in [2.45, 2.75) is 12.8 Å². The Morgan fingerprint density at radius 1 is 1.45 bits per heavy atom. The molecule has 1 heterocycles. The van der Waals surface area contributed by atoms with Gasteiger partial charge in [0.15, 0.2) is 0 Å². The van der Waals surface area contributed by atoms with Gasteiger partial charge in [-0.1, -0.05) is 23.7 Å². The van der Waals surface area contributed by atoms with Crippen LogP contribution in [0, 0.1) is 5.92 Å². The third-order valence-corrected chi connectivity index (χ3v) is 4.01. The average molecular weight is 292 g/mol. The maximum absolute atomic E-state index is 12.6. The number of carbonyl (C=O) groups is 1. The molecule has 1 aromatic carbocycles. The number of carbonyl (C=O) groups excluding carboxylic acids is 1. The number of aromatic nitrogens is 1. The summed E-state index contributed by atoms with van der Waals surface area (Å²) in [7, 11) is 0. The van der Waals surface area contributed by atoms with Crippen LogP contribution >= 0.6 is 11.6 Å². The Morgan fingerprint density at radius 2 is 2.25 bits per heavy atom. The van der Waals surface area contributed by atoms with E-state index in [1.807, 2.05) is 29.2 Å². The van der Waals surface area contributed by atoms with Crippen LogP contribution in [0.1, 0.15) is 23.3 Å². The monoisotopic (exact) mass is 291 g/mol. The van der Waals surface area contributed by atoms with Crippen molar-refractivity contribution >= 4 is 28.4 Å².